The molecule has 6 aromatic rings. The molecule has 18 nitrogen and oxygen atoms in total. The summed E-state index contributed by atoms with van der Waals surface area (Å²) in [4.78, 5) is 99.3. The number of nitrogens with one attached hydrogen (secondary N) is 6. The van der Waals surface area contributed by atoms with E-state index < -0.39 is 115 Å². The first-order chi connectivity index (χ1) is 57.3. The fraction of sp³-hybridized carbons (Fsp3) is 0.538. The lowest BCUT2D eigenvalue weighted by Crippen LogP contribution is -2.49. The molecule has 0 bridgehead atoms. The number of fused-ring (bicyclic) bond motifs is 6. The lowest BCUT2D eigenvalue weighted by atomic mass is 9.62. The Bertz CT molecular complexity index is 5180. The summed E-state index contributed by atoms with van der Waals surface area (Å²) in [7, 11) is -3.30. The minimum absolute atomic E-state index is 0.0201. The van der Waals surface area contributed by atoms with Crippen molar-refractivity contribution in [3.05, 3.63) is 191 Å². The van der Waals surface area contributed by atoms with Gasteiger partial charge in [0.05, 0.1) is 45.6 Å². The number of carbonyl (C=O) groups excluding carboxylic acids is 7. The van der Waals surface area contributed by atoms with Crippen molar-refractivity contribution in [3.8, 4) is 0 Å². The second-order valence-corrected chi connectivity index (χ2v) is 42.9. The fourth-order valence-corrected chi connectivity index (χ4v) is 23.2. The van der Waals surface area contributed by atoms with Gasteiger partial charge in [-0.25, -0.2) is 34.7 Å². The molecule has 0 radical (unpaired) electrons. The summed E-state index contributed by atoms with van der Waals surface area (Å²) in [5.74, 6) is -8.18. The highest BCUT2D eigenvalue weighted by Crippen LogP contribution is 2.62. The number of anilines is 3. The molecular weight excluding hydrogens is 1690 g/mol. The molecule has 6 aromatic carbocycles. The Morgan fingerprint density at radius 3 is 1.13 bits per heavy atom. The molecule has 5 saturated heterocycles. The summed E-state index contributed by atoms with van der Waals surface area (Å²) < 4.78 is 102. The van der Waals surface area contributed by atoms with Crippen molar-refractivity contribution in [2.45, 2.75) is 248 Å². The zero-order valence-corrected chi connectivity index (χ0v) is 75.3. The molecular formula is C93H110Cl5F5N8O10S. The number of benzene rings is 6. The third kappa shape index (κ3) is 18.2. The lowest BCUT2D eigenvalue weighted by Gasteiger charge is -2.38. The summed E-state index contributed by atoms with van der Waals surface area (Å²) in [6.07, 6.45) is 9.57. The molecule has 12 atom stereocenters. The van der Waals surface area contributed by atoms with Crippen LogP contribution in [0.25, 0.3) is 0 Å². The van der Waals surface area contributed by atoms with Gasteiger partial charge in [-0.2, -0.15) is 0 Å². The van der Waals surface area contributed by atoms with Gasteiger partial charge in [0.2, 0.25) is 33.7 Å². The molecule has 8 heterocycles. The molecule has 29 heteroatoms. The zero-order valence-electron chi connectivity index (χ0n) is 70.7. The standard InChI is InChI=1S/C33H40Cl2FN3O3.C30H36Cl2FN3O4S.C30H34ClF3N2O3/c1-5-7-27(41)39-14-12-19(13-15-39)16-25(40)30-28(21-8-6-9-23(35)29(21)36)33(26(38-30)18-32(2,3)4)22-11-10-20(34)17-24(22)37-31(33)42;1-29(2,3)16-24-30(20-9-8-18(31)15-22(20)34-28(30)38)25(19-6-5-7-21(32)26(19)33)27(35-24)23(37)14-17-10-12-36(13-11-17)41(4,39)40;1-29(2,3)14-24-30(18-12-20(32)21(33)13-22(18)35-28(30)39)25(17-5-4-6-19(31)26(17)34)27(36-24)23(38)11-15-7-9-16(37)10-8-15/h6,8-11,17,19,26,28,30,38H,5,7,12-16,18H2,1-4H3,(H,37,42);5-9,15,17,24-25,27,35H,10-14,16H2,1-4H3,(H,34,38);4-6,12-13,15-16,24-25,27,36-37H,7-11,14H2,1-3H3,(H,35,39)/t26-,28+,30+,33+;24-,25+,27+,30+;15?,16?,24-,25+,27+,30+/m111/s1. The van der Waals surface area contributed by atoms with Crippen LogP contribution in [-0.2, 0) is 59.8 Å². The van der Waals surface area contributed by atoms with Crippen LogP contribution in [-0.4, -0.2) is 138 Å². The summed E-state index contributed by atoms with van der Waals surface area (Å²) >= 11 is 31.4. The highest BCUT2D eigenvalue weighted by atomic mass is 35.5. The first-order valence-electron chi connectivity index (χ1n) is 42.4. The third-order valence-electron chi connectivity index (χ3n) is 26.7. The number of rotatable bonds is 18. The molecule has 1 aliphatic carbocycles. The van der Waals surface area contributed by atoms with Gasteiger partial charge < -0.3 is 41.9 Å². The van der Waals surface area contributed by atoms with Gasteiger partial charge in [0, 0.05) is 121 Å². The van der Waals surface area contributed by atoms with E-state index >= 15 is 13.2 Å². The number of hydrogen-bond donors (Lipinski definition) is 7. The zero-order chi connectivity index (χ0) is 88.6. The van der Waals surface area contributed by atoms with Crippen LogP contribution in [0.1, 0.15) is 223 Å². The van der Waals surface area contributed by atoms with E-state index in [4.69, 9.17) is 58.0 Å². The number of halogens is 10. The molecule has 3 spiro atoms. The number of ketones is 3. The number of aliphatic hydroxyl groups excluding tert-OH is 1. The van der Waals surface area contributed by atoms with Crippen LogP contribution < -0.4 is 31.9 Å². The summed E-state index contributed by atoms with van der Waals surface area (Å²) in [6.45, 7) is 22.4. The smallest absolute Gasteiger partial charge is 0.237 e. The van der Waals surface area contributed by atoms with Gasteiger partial charge in [0.25, 0.3) is 0 Å². The molecule has 658 valence electrons. The van der Waals surface area contributed by atoms with E-state index in [1.807, 2.05) is 38.7 Å². The minimum atomic E-state index is -3.30. The van der Waals surface area contributed by atoms with Gasteiger partial charge in [-0.05, 0) is 193 Å². The van der Waals surface area contributed by atoms with E-state index in [0.717, 1.165) is 31.4 Å². The highest BCUT2D eigenvalue weighted by molar-refractivity contribution is 7.88. The first-order valence-corrected chi connectivity index (χ1v) is 46.2. The van der Waals surface area contributed by atoms with E-state index in [1.165, 1.54) is 34.8 Å². The number of likely N-dealkylation sites (tertiary alicyclic amines) is 1. The second-order valence-electron chi connectivity index (χ2n) is 38.8. The van der Waals surface area contributed by atoms with Crippen LogP contribution in [0.15, 0.2) is 103 Å². The number of amides is 4. The third-order valence-corrected chi connectivity index (χ3v) is 29.3. The van der Waals surface area contributed by atoms with Crippen molar-refractivity contribution in [1.29, 1.82) is 0 Å². The number of Topliss-reactive ketones (excluding diaryl/α,β-unsaturated/α-hetero) is 3. The molecule has 122 heavy (non-hydrogen) atoms. The molecule has 1 saturated carbocycles. The fourth-order valence-electron chi connectivity index (χ4n) is 21.4. The van der Waals surface area contributed by atoms with Gasteiger partial charge in [-0.3, -0.25) is 33.6 Å². The van der Waals surface area contributed by atoms with Crippen LogP contribution in [0.4, 0.5) is 39.0 Å². The lowest BCUT2D eigenvalue weighted by molar-refractivity contribution is -0.133. The Kier molecular flexibility index (Phi) is 27.4. The Hall–Kier alpha value is -6.94. The van der Waals surface area contributed by atoms with Gasteiger partial charge >= 0.3 is 0 Å². The molecule has 6 fully saturated rings. The van der Waals surface area contributed by atoms with Gasteiger partial charge in [-0.15, -0.1) is 0 Å². The largest absolute Gasteiger partial charge is 0.393 e. The molecule has 7 N–H and O–H groups in total. The van der Waals surface area contributed by atoms with Crippen LogP contribution >= 0.6 is 58.0 Å². The van der Waals surface area contributed by atoms with E-state index in [0.29, 0.717) is 129 Å². The van der Waals surface area contributed by atoms with Crippen LogP contribution in [0.3, 0.4) is 0 Å². The van der Waals surface area contributed by atoms with Crippen molar-refractivity contribution in [3.63, 3.8) is 0 Å². The van der Waals surface area contributed by atoms with Crippen molar-refractivity contribution >= 4 is 126 Å². The number of hydrogen-bond acceptors (Lipinski definition) is 13. The maximum atomic E-state index is 15.9. The second kappa shape index (κ2) is 36.1. The molecule has 0 aromatic heterocycles. The van der Waals surface area contributed by atoms with Gasteiger partial charge in [0.1, 0.15) is 33.7 Å². The van der Waals surface area contributed by atoms with Crippen LogP contribution in [0.2, 0.25) is 25.1 Å². The monoisotopic (exact) mass is 1800 g/mol. The topological polar surface area (TPSA) is 253 Å². The van der Waals surface area contributed by atoms with Crippen molar-refractivity contribution in [2.24, 2.45) is 34.0 Å². The number of sulfonamides is 1. The number of nitrogens with zero attached hydrogens (tertiary/aromatic N) is 2. The summed E-state index contributed by atoms with van der Waals surface area (Å²) in [5.41, 5.74) is -1.52. The summed E-state index contributed by atoms with van der Waals surface area (Å²) in [6, 6.07) is 22.1. The average Bonchev–Trinajstić information content (AvgIpc) is 1.54. The number of carbonyl (C=O) groups is 7. The molecule has 8 aliphatic heterocycles. The SMILES string of the molecule is CC(C)(C)C[C@H]1N[C@@H](C(=O)CC2CCC(O)CC2)[C@H](c2cccc(Cl)c2F)[C@@]12C(=O)Nc1cc(F)c(F)cc12.CC(C)(C)C[C@H]1N[C@@H](C(=O)CC2CCN(S(C)(=O)=O)CC2)[C@H](c2cccc(Cl)c2F)[C@@]12C(=O)Nc1cc(Cl)ccc12.CCCC(=O)N1CCC(CC(=O)[C@@H]2N[C@H](CC(C)(C)C)[C@]3(C(=O)Nc4cc(Cl)ccc43)[C@H]2c2cccc(Cl)c2F)CC1. The highest BCUT2D eigenvalue weighted by Gasteiger charge is 2.70. The van der Waals surface area contributed by atoms with Gasteiger partial charge in [-0.1, -0.05) is 176 Å². The molecule has 4 amide bonds. The van der Waals surface area contributed by atoms with E-state index in [2.05, 4.69) is 73.4 Å². The predicted molar refractivity (Wildman–Crippen MR) is 467 cm³/mol. The van der Waals surface area contributed by atoms with E-state index in [1.54, 1.807) is 60.7 Å². The van der Waals surface area contributed by atoms with Crippen molar-refractivity contribution in [2.75, 3.05) is 48.4 Å². The predicted octanol–water partition coefficient (Wildman–Crippen LogP) is 18.4. The van der Waals surface area contributed by atoms with Crippen LogP contribution in [0.5, 0.6) is 0 Å². The van der Waals surface area contributed by atoms with Crippen molar-refractivity contribution < 1.29 is 69.0 Å². The Labute approximate surface area is 736 Å². The maximum Gasteiger partial charge on any atom is 0.237 e. The average molecular weight is 1800 g/mol. The maximum absolute atomic E-state index is 15.9. The summed E-state index contributed by atoms with van der Waals surface area (Å²) in [5, 5.41) is 29.8. The Balaban J connectivity index is 0.000000158. The normalized spacial score (nSPS) is 27.9. The molecule has 0 unspecified atom stereocenters. The van der Waals surface area contributed by atoms with Crippen LogP contribution in [0, 0.1) is 63.1 Å². The van der Waals surface area contributed by atoms with Crippen molar-refractivity contribution in [1.82, 2.24) is 25.2 Å². The Morgan fingerprint density at radius 1 is 0.459 bits per heavy atom. The van der Waals surface area contributed by atoms with E-state index in [9.17, 15) is 55.9 Å². The first kappa shape index (κ1) is 92.7. The number of aliphatic hydroxyl groups is 1. The quantitative estimate of drug-likeness (QED) is 0.0396. The molecule has 9 aliphatic rings. The minimum Gasteiger partial charge on any atom is -0.393 e. The van der Waals surface area contributed by atoms with Gasteiger partial charge in [0.15, 0.2) is 29.0 Å². The van der Waals surface area contributed by atoms with E-state index in [-0.39, 0.29) is 131 Å². The molecule has 15 rings (SSSR count). The number of piperidine rings is 2. The Morgan fingerprint density at radius 2 is 0.787 bits per heavy atom.